The van der Waals surface area contributed by atoms with Gasteiger partial charge in [0.25, 0.3) is 5.56 Å². The summed E-state index contributed by atoms with van der Waals surface area (Å²) in [5.74, 6) is 1.46. The minimum Gasteiger partial charge on any atom is -0.508 e. The van der Waals surface area contributed by atoms with E-state index in [0.717, 1.165) is 59.3 Å². The van der Waals surface area contributed by atoms with Gasteiger partial charge in [0.05, 0.1) is 17.1 Å². The van der Waals surface area contributed by atoms with E-state index >= 15 is 0 Å². The lowest BCUT2D eigenvalue weighted by molar-refractivity contribution is 0.139. The summed E-state index contributed by atoms with van der Waals surface area (Å²) in [6.45, 7) is 6.57. The minimum absolute atomic E-state index is 0.134. The molecular weight excluding hydrogens is 578 g/mol. The molecule has 46 heavy (non-hydrogen) atoms. The van der Waals surface area contributed by atoms with Gasteiger partial charge >= 0.3 is 0 Å². The van der Waals surface area contributed by atoms with E-state index in [9.17, 15) is 9.90 Å². The Morgan fingerprint density at radius 3 is 2.63 bits per heavy atom. The summed E-state index contributed by atoms with van der Waals surface area (Å²) in [6.07, 6.45) is 7.50. The number of aromatic hydroxyl groups is 1. The predicted octanol–water partition coefficient (Wildman–Crippen LogP) is 5.14. The van der Waals surface area contributed by atoms with Crippen LogP contribution in [0, 0.1) is 6.92 Å². The van der Waals surface area contributed by atoms with Crippen molar-refractivity contribution >= 4 is 22.4 Å². The molecule has 3 N–H and O–H groups in total. The Hall–Kier alpha value is -5.00. The van der Waals surface area contributed by atoms with Crippen molar-refractivity contribution in [3.63, 3.8) is 0 Å². The number of hydrogen-bond donors (Lipinski definition) is 3. The molecule has 7 rings (SSSR count). The van der Waals surface area contributed by atoms with Crippen LogP contribution >= 0.6 is 0 Å². The number of anilines is 1. The Morgan fingerprint density at radius 1 is 1.09 bits per heavy atom. The molecule has 1 aliphatic rings. The van der Waals surface area contributed by atoms with Gasteiger partial charge in [0.15, 0.2) is 5.82 Å². The fraction of sp³-hybridized carbons (Fsp3) is 0.314. The van der Waals surface area contributed by atoms with E-state index in [1.54, 1.807) is 15.1 Å². The third-order valence-electron chi connectivity index (χ3n) is 9.21. The lowest BCUT2D eigenvalue weighted by Gasteiger charge is -2.35. The van der Waals surface area contributed by atoms with Gasteiger partial charge in [0, 0.05) is 36.1 Å². The fourth-order valence-corrected chi connectivity index (χ4v) is 6.62. The summed E-state index contributed by atoms with van der Waals surface area (Å²) in [6, 6.07) is 17.4. The summed E-state index contributed by atoms with van der Waals surface area (Å²) >= 11 is 0. The molecule has 0 radical (unpaired) electrons. The standard InChI is InChI=1S/C35H39N9O2/c1-22-12-17-43-31(22)35(46)44(27-8-6-5-7-9-27)34(40-43)23(2)39-33-30-28(19-36-32(30)37-21-38-33)24-10-11-29(45)25(18-24)20-42-15-13-26(14-16-42)41(3)4/h5-12,17-19,21,23,26,45H,13-16,20H2,1-4H3,(H2,36,37,38,39)/t23-/m0/s1. The van der Waals surface area contributed by atoms with Crippen LogP contribution in [0.25, 0.3) is 33.4 Å². The average Bonchev–Trinajstić information content (AvgIpc) is 3.67. The number of aromatic nitrogens is 6. The molecule has 1 atom stereocenters. The highest BCUT2D eigenvalue weighted by atomic mass is 16.3. The van der Waals surface area contributed by atoms with E-state index in [1.165, 1.54) is 6.33 Å². The van der Waals surface area contributed by atoms with Gasteiger partial charge in [-0.3, -0.25) is 14.3 Å². The van der Waals surface area contributed by atoms with E-state index in [0.29, 0.717) is 41.1 Å². The monoisotopic (exact) mass is 617 g/mol. The van der Waals surface area contributed by atoms with Crippen LogP contribution in [0.4, 0.5) is 5.82 Å². The quantitative estimate of drug-likeness (QED) is 0.215. The number of phenolic OH excluding ortho intramolecular Hbond substituents is 1. The van der Waals surface area contributed by atoms with Crippen LogP contribution in [0.3, 0.4) is 0 Å². The molecule has 1 saturated heterocycles. The zero-order valence-corrected chi connectivity index (χ0v) is 26.6. The van der Waals surface area contributed by atoms with Crippen LogP contribution in [-0.4, -0.2) is 77.3 Å². The molecule has 1 fully saturated rings. The number of piperidine rings is 1. The average molecular weight is 618 g/mol. The fourth-order valence-electron chi connectivity index (χ4n) is 6.62. The van der Waals surface area contributed by atoms with E-state index in [2.05, 4.69) is 50.2 Å². The van der Waals surface area contributed by atoms with Gasteiger partial charge in [-0.1, -0.05) is 24.3 Å². The second-order valence-electron chi connectivity index (χ2n) is 12.5. The maximum Gasteiger partial charge on any atom is 0.282 e. The van der Waals surface area contributed by atoms with Crippen LogP contribution in [0.5, 0.6) is 5.75 Å². The molecule has 4 aromatic heterocycles. The molecule has 1 aliphatic heterocycles. The first-order valence-electron chi connectivity index (χ1n) is 15.7. The first-order valence-corrected chi connectivity index (χ1v) is 15.7. The second-order valence-corrected chi connectivity index (χ2v) is 12.5. The first kappa shape index (κ1) is 29.7. The summed E-state index contributed by atoms with van der Waals surface area (Å²) in [5.41, 5.74) is 5.47. The van der Waals surface area contributed by atoms with Crippen molar-refractivity contribution in [2.75, 3.05) is 32.5 Å². The SMILES string of the molecule is Cc1ccn2nc([C@H](C)Nc3ncnc4[nH]cc(-c5ccc(O)c(CN6CCC(N(C)C)CC6)c5)c34)n(-c3ccccc3)c(=O)c12. The number of hydrogen-bond acceptors (Lipinski definition) is 8. The number of phenols is 1. The van der Waals surface area contributed by atoms with Gasteiger partial charge in [0.2, 0.25) is 0 Å². The van der Waals surface area contributed by atoms with Gasteiger partial charge in [-0.25, -0.2) is 14.5 Å². The maximum atomic E-state index is 13.9. The number of para-hydroxylation sites is 1. The number of H-pyrrole nitrogens is 1. The number of nitrogens with zero attached hydrogens (tertiary/aromatic N) is 7. The smallest absolute Gasteiger partial charge is 0.282 e. The van der Waals surface area contributed by atoms with Crippen LogP contribution in [0.2, 0.25) is 0 Å². The zero-order valence-electron chi connectivity index (χ0n) is 26.6. The number of aryl methyl sites for hydroxylation is 1. The third-order valence-corrected chi connectivity index (χ3v) is 9.21. The van der Waals surface area contributed by atoms with Crippen LogP contribution in [0.1, 0.15) is 42.8 Å². The number of aromatic amines is 1. The Bertz CT molecular complexity index is 2070. The molecule has 2 aromatic carbocycles. The molecular formula is C35H39N9O2. The normalized spacial score (nSPS) is 15.2. The van der Waals surface area contributed by atoms with Crippen LogP contribution < -0.4 is 10.9 Å². The number of fused-ring (bicyclic) bond motifs is 2. The van der Waals surface area contributed by atoms with Crippen molar-refractivity contribution in [3.05, 3.63) is 101 Å². The number of nitrogens with one attached hydrogen (secondary N) is 2. The van der Waals surface area contributed by atoms with Gasteiger partial charge in [-0.15, -0.1) is 0 Å². The third kappa shape index (κ3) is 5.41. The molecule has 11 heteroatoms. The molecule has 6 aromatic rings. The summed E-state index contributed by atoms with van der Waals surface area (Å²) in [7, 11) is 4.29. The number of rotatable bonds is 8. The van der Waals surface area contributed by atoms with Crippen molar-refractivity contribution < 1.29 is 5.11 Å². The van der Waals surface area contributed by atoms with Crippen LogP contribution in [0.15, 0.2) is 78.1 Å². The van der Waals surface area contributed by atoms with Gasteiger partial charge in [-0.05, 0) is 95.3 Å². The highest BCUT2D eigenvalue weighted by molar-refractivity contribution is 6.01. The molecule has 11 nitrogen and oxygen atoms in total. The van der Waals surface area contributed by atoms with E-state index < -0.39 is 6.04 Å². The highest BCUT2D eigenvalue weighted by Crippen LogP contribution is 2.36. The van der Waals surface area contributed by atoms with Crippen molar-refractivity contribution in [1.82, 2.24) is 38.9 Å². The molecule has 0 amide bonds. The second kappa shape index (κ2) is 12.1. The molecule has 0 aliphatic carbocycles. The molecule has 5 heterocycles. The number of likely N-dealkylation sites (tertiary alicyclic amines) is 1. The van der Waals surface area contributed by atoms with Gasteiger partial charge < -0.3 is 20.3 Å². The van der Waals surface area contributed by atoms with Crippen molar-refractivity contribution in [3.8, 4) is 22.6 Å². The molecule has 0 saturated carbocycles. The first-order chi connectivity index (χ1) is 22.3. The lowest BCUT2D eigenvalue weighted by Crippen LogP contribution is -2.41. The Labute approximate surface area is 267 Å². The summed E-state index contributed by atoms with van der Waals surface area (Å²) in [4.78, 5) is 31.0. The van der Waals surface area contributed by atoms with Crippen LogP contribution in [-0.2, 0) is 6.54 Å². The molecule has 0 spiro atoms. The largest absolute Gasteiger partial charge is 0.508 e. The van der Waals surface area contributed by atoms with Gasteiger partial charge in [0.1, 0.15) is 29.1 Å². The zero-order chi connectivity index (χ0) is 31.9. The molecule has 0 bridgehead atoms. The highest BCUT2D eigenvalue weighted by Gasteiger charge is 2.24. The van der Waals surface area contributed by atoms with Crippen molar-refractivity contribution in [1.29, 1.82) is 0 Å². The minimum atomic E-state index is -0.402. The van der Waals surface area contributed by atoms with E-state index in [1.807, 2.05) is 68.7 Å². The Kier molecular flexibility index (Phi) is 7.79. The Balaban J connectivity index is 1.24. The van der Waals surface area contributed by atoms with Crippen molar-refractivity contribution in [2.45, 2.75) is 45.3 Å². The van der Waals surface area contributed by atoms with Gasteiger partial charge in [-0.2, -0.15) is 5.10 Å². The lowest BCUT2D eigenvalue weighted by atomic mass is 10.00. The van der Waals surface area contributed by atoms with Crippen molar-refractivity contribution in [2.24, 2.45) is 0 Å². The topological polar surface area (TPSA) is 120 Å². The predicted molar refractivity (Wildman–Crippen MR) is 181 cm³/mol. The summed E-state index contributed by atoms with van der Waals surface area (Å²) < 4.78 is 3.33. The number of benzene rings is 2. The van der Waals surface area contributed by atoms with E-state index in [-0.39, 0.29) is 5.56 Å². The maximum absolute atomic E-state index is 13.9. The molecule has 0 unspecified atom stereocenters. The Morgan fingerprint density at radius 2 is 1.87 bits per heavy atom. The van der Waals surface area contributed by atoms with E-state index in [4.69, 9.17) is 5.10 Å². The summed E-state index contributed by atoms with van der Waals surface area (Å²) in [5, 5.41) is 20.1. The molecule has 236 valence electrons.